The van der Waals surface area contributed by atoms with E-state index < -0.39 is 5.60 Å². The van der Waals surface area contributed by atoms with E-state index in [1.165, 1.54) is 11.1 Å². The van der Waals surface area contributed by atoms with Crippen LogP contribution in [0.25, 0.3) is 0 Å². The highest BCUT2D eigenvalue weighted by atomic mass is 16.6. The van der Waals surface area contributed by atoms with Crippen molar-refractivity contribution in [3.8, 4) is 17.5 Å². The van der Waals surface area contributed by atoms with E-state index in [4.69, 9.17) is 18.9 Å². The second-order valence-electron chi connectivity index (χ2n) is 13.5. The first kappa shape index (κ1) is 31.6. The van der Waals surface area contributed by atoms with Crippen LogP contribution in [-0.4, -0.2) is 64.9 Å². The topological polar surface area (TPSA) is 95.0 Å². The monoisotopic (exact) mass is 602 g/mol. The standard InChI is InChI=1S/C35H46N4O5/c1-34(2,3)44-33(40)38-27-21-31(22-27)42-29-13-9-25(10-14-29)35(4,5)24-7-11-28(12-8-24)41-23-26-15-18-36-32(37-26)43-30-16-19-39(6)20-17-30/h7-15,18,27,30-31H,16-17,19-23H2,1-6H3,(H,38,40). The molecular weight excluding hydrogens is 556 g/mol. The highest BCUT2D eigenvalue weighted by Crippen LogP contribution is 2.34. The lowest BCUT2D eigenvalue weighted by Gasteiger charge is -2.36. The van der Waals surface area contributed by atoms with Crippen molar-refractivity contribution >= 4 is 6.09 Å². The van der Waals surface area contributed by atoms with Gasteiger partial charge in [-0.2, -0.15) is 4.98 Å². The third kappa shape index (κ3) is 8.62. The first-order valence-electron chi connectivity index (χ1n) is 15.6. The molecule has 2 fully saturated rings. The Balaban J connectivity index is 1.09. The lowest BCUT2D eigenvalue weighted by atomic mass is 9.78. The van der Waals surface area contributed by atoms with Gasteiger partial charge < -0.3 is 29.2 Å². The van der Waals surface area contributed by atoms with Crippen LogP contribution in [0.3, 0.4) is 0 Å². The van der Waals surface area contributed by atoms with Gasteiger partial charge in [-0.05, 0) is 82.1 Å². The molecule has 1 saturated carbocycles. The van der Waals surface area contributed by atoms with Crippen molar-refractivity contribution < 1.29 is 23.7 Å². The number of ether oxygens (including phenoxy) is 4. The van der Waals surface area contributed by atoms with E-state index in [-0.39, 0.29) is 29.8 Å². The SMILES string of the molecule is CN1CCC(Oc2nccc(COc3ccc(C(C)(C)c4ccc(OC5CC(NC(=O)OC(C)(C)C)C5)cc4)cc3)n2)CC1. The normalized spacial score (nSPS) is 19.5. The highest BCUT2D eigenvalue weighted by molar-refractivity contribution is 5.68. The fraction of sp³-hybridized carbons (Fsp3) is 0.514. The second-order valence-corrected chi connectivity index (χ2v) is 13.5. The van der Waals surface area contributed by atoms with E-state index in [1.54, 1.807) is 6.20 Å². The Morgan fingerprint density at radius 3 is 2.09 bits per heavy atom. The van der Waals surface area contributed by atoms with Gasteiger partial charge in [0.15, 0.2) is 0 Å². The molecule has 5 rings (SSSR count). The zero-order chi connectivity index (χ0) is 31.3. The lowest BCUT2D eigenvalue weighted by Crippen LogP contribution is -2.50. The number of hydrogen-bond donors (Lipinski definition) is 1. The van der Waals surface area contributed by atoms with Gasteiger partial charge >= 0.3 is 12.1 Å². The van der Waals surface area contributed by atoms with E-state index >= 15 is 0 Å². The number of nitrogens with one attached hydrogen (secondary N) is 1. The summed E-state index contributed by atoms with van der Waals surface area (Å²) in [6.07, 6.45) is 5.11. The molecule has 1 aliphatic heterocycles. The summed E-state index contributed by atoms with van der Waals surface area (Å²) in [7, 11) is 2.13. The summed E-state index contributed by atoms with van der Waals surface area (Å²) in [5, 5.41) is 2.91. The molecular formula is C35H46N4O5. The van der Waals surface area contributed by atoms with Gasteiger partial charge in [-0.25, -0.2) is 9.78 Å². The Labute approximate surface area is 261 Å². The molecule has 0 unspecified atom stereocenters. The van der Waals surface area contributed by atoms with Crippen molar-refractivity contribution in [2.24, 2.45) is 0 Å². The zero-order valence-corrected chi connectivity index (χ0v) is 26.8. The minimum Gasteiger partial charge on any atom is -0.490 e. The number of hydrogen-bond acceptors (Lipinski definition) is 8. The minimum atomic E-state index is -0.500. The lowest BCUT2D eigenvalue weighted by molar-refractivity contribution is 0.0362. The Bertz CT molecular complexity index is 1370. The molecule has 44 heavy (non-hydrogen) atoms. The predicted octanol–water partition coefficient (Wildman–Crippen LogP) is 6.29. The van der Waals surface area contributed by atoms with Crippen molar-refractivity contribution in [3.05, 3.63) is 77.6 Å². The van der Waals surface area contributed by atoms with Crippen LogP contribution in [0.15, 0.2) is 60.8 Å². The van der Waals surface area contributed by atoms with Crippen LogP contribution >= 0.6 is 0 Å². The van der Waals surface area contributed by atoms with Crippen LogP contribution in [0.5, 0.6) is 17.5 Å². The van der Waals surface area contributed by atoms with Crippen molar-refractivity contribution in [2.45, 2.75) is 96.2 Å². The summed E-state index contributed by atoms with van der Waals surface area (Å²) in [6, 6.07) is 18.9. The van der Waals surface area contributed by atoms with Gasteiger partial charge in [0.25, 0.3) is 0 Å². The van der Waals surface area contributed by atoms with E-state index in [9.17, 15) is 4.79 Å². The third-order valence-corrected chi connectivity index (χ3v) is 8.29. The van der Waals surface area contributed by atoms with Crippen molar-refractivity contribution in [3.63, 3.8) is 0 Å². The summed E-state index contributed by atoms with van der Waals surface area (Å²) in [6.45, 7) is 12.4. The number of carbonyl (C=O) groups is 1. The van der Waals surface area contributed by atoms with E-state index in [1.807, 2.05) is 51.1 Å². The first-order chi connectivity index (χ1) is 20.9. The molecule has 2 heterocycles. The average molecular weight is 603 g/mol. The van der Waals surface area contributed by atoms with Crippen LogP contribution in [-0.2, 0) is 16.8 Å². The molecule has 1 aliphatic carbocycles. The molecule has 2 aromatic carbocycles. The summed E-state index contributed by atoms with van der Waals surface area (Å²) >= 11 is 0. The molecule has 1 aromatic heterocycles. The maximum atomic E-state index is 12.0. The molecule has 0 bridgehead atoms. The first-order valence-corrected chi connectivity index (χ1v) is 15.6. The fourth-order valence-corrected chi connectivity index (χ4v) is 5.45. The molecule has 0 atom stereocenters. The van der Waals surface area contributed by atoms with Crippen LogP contribution in [0.1, 0.15) is 77.1 Å². The van der Waals surface area contributed by atoms with E-state index in [0.717, 1.165) is 56.0 Å². The van der Waals surface area contributed by atoms with E-state index in [0.29, 0.717) is 12.6 Å². The summed E-state index contributed by atoms with van der Waals surface area (Å²) in [5.74, 6) is 1.61. The average Bonchev–Trinajstić information content (AvgIpc) is 2.96. The number of nitrogens with zero attached hydrogens (tertiary/aromatic N) is 3. The smallest absolute Gasteiger partial charge is 0.407 e. The minimum absolute atomic E-state index is 0.0847. The largest absolute Gasteiger partial charge is 0.490 e. The van der Waals surface area contributed by atoms with Crippen molar-refractivity contribution in [1.29, 1.82) is 0 Å². The maximum absolute atomic E-state index is 12.0. The van der Waals surface area contributed by atoms with Gasteiger partial charge in [-0.3, -0.25) is 0 Å². The maximum Gasteiger partial charge on any atom is 0.407 e. The number of rotatable bonds is 10. The fourth-order valence-electron chi connectivity index (χ4n) is 5.45. The zero-order valence-electron chi connectivity index (χ0n) is 26.8. The third-order valence-electron chi connectivity index (χ3n) is 8.29. The van der Waals surface area contributed by atoms with Gasteiger partial charge in [0, 0.05) is 43.6 Å². The number of benzene rings is 2. The molecule has 9 nitrogen and oxygen atoms in total. The molecule has 1 amide bonds. The van der Waals surface area contributed by atoms with Gasteiger partial charge in [-0.15, -0.1) is 0 Å². The molecule has 3 aromatic rings. The van der Waals surface area contributed by atoms with Crippen molar-refractivity contribution in [1.82, 2.24) is 20.2 Å². The van der Waals surface area contributed by atoms with Gasteiger partial charge in [0.2, 0.25) is 0 Å². The van der Waals surface area contributed by atoms with Gasteiger partial charge in [0.05, 0.1) is 5.69 Å². The summed E-state index contributed by atoms with van der Waals surface area (Å²) in [5.41, 5.74) is 2.45. The number of aromatic nitrogens is 2. The quantitative estimate of drug-likeness (QED) is 0.289. The van der Waals surface area contributed by atoms with Crippen LogP contribution in [0.2, 0.25) is 0 Å². The van der Waals surface area contributed by atoms with Crippen LogP contribution < -0.4 is 19.5 Å². The summed E-state index contributed by atoms with van der Waals surface area (Å²) in [4.78, 5) is 23.1. The molecule has 0 radical (unpaired) electrons. The van der Waals surface area contributed by atoms with E-state index in [2.05, 4.69) is 65.3 Å². The number of amides is 1. The summed E-state index contributed by atoms with van der Waals surface area (Å²) < 4.78 is 23.5. The molecule has 0 spiro atoms. The van der Waals surface area contributed by atoms with Crippen LogP contribution in [0, 0.1) is 0 Å². The van der Waals surface area contributed by atoms with Gasteiger partial charge in [-0.1, -0.05) is 38.1 Å². The van der Waals surface area contributed by atoms with Crippen molar-refractivity contribution in [2.75, 3.05) is 20.1 Å². The Morgan fingerprint density at radius 2 is 1.48 bits per heavy atom. The second kappa shape index (κ2) is 13.4. The molecule has 1 saturated heterocycles. The predicted molar refractivity (Wildman–Crippen MR) is 169 cm³/mol. The number of piperidine rings is 1. The molecule has 236 valence electrons. The van der Waals surface area contributed by atoms with Crippen LogP contribution in [0.4, 0.5) is 4.79 Å². The Morgan fingerprint density at radius 1 is 0.864 bits per heavy atom. The number of alkyl carbamates (subject to hydrolysis) is 1. The van der Waals surface area contributed by atoms with Gasteiger partial charge in [0.1, 0.15) is 35.9 Å². The highest BCUT2D eigenvalue weighted by Gasteiger charge is 2.33. The molecule has 1 N–H and O–H groups in total. The number of carbonyl (C=O) groups excluding carboxylic acids is 1. The molecule has 9 heteroatoms. The Hall–Kier alpha value is -3.85. The molecule has 2 aliphatic rings. The number of likely N-dealkylation sites (tertiary alicyclic amines) is 1. The Kier molecular flexibility index (Phi) is 9.63.